The highest BCUT2D eigenvalue weighted by molar-refractivity contribution is 6.31. The molecule has 0 bridgehead atoms. The van der Waals surface area contributed by atoms with Crippen LogP contribution in [0.25, 0.3) is 10.9 Å². The molecule has 0 aliphatic heterocycles. The minimum atomic E-state index is -0.901. The fourth-order valence-electron chi connectivity index (χ4n) is 4.55. The number of aliphatic carboxylic acids is 1. The maximum atomic E-state index is 13.3. The molecule has 0 spiro atoms. The molecular weight excluding hydrogens is 473 g/mol. The van der Waals surface area contributed by atoms with Crippen LogP contribution in [0.3, 0.4) is 0 Å². The number of halogens is 2. The predicted molar refractivity (Wildman–Crippen MR) is 137 cm³/mol. The highest BCUT2D eigenvalue weighted by Gasteiger charge is 2.23. The van der Waals surface area contributed by atoms with Crippen molar-refractivity contribution < 1.29 is 19.8 Å². The molecule has 5 nitrogen and oxygen atoms in total. The Hall–Kier alpha value is -2.34. The van der Waals surface area contributed by atoms with Crippen LogP contribution >= 0.6 is 23.2 Å². The third-order valence-corrected chi connectivity index (χ3v) is 6.71. The van der Waals surface area contributed by atoms with Crippen LogP contribution in [-0.4, -0.2) is 26.5 Å². The third kappa shape index (κ3) is 6.62. The Morgan fingerprint density at radius 2 is 1.74 bits per heavy atom. The van der Waals surface area contributed by atoms with Crippen LogP contribution in [0.1, 0.15) is 73.2 Å². The molecule has 0 fully saturated rings. The van der Waals surface area contributed by atoms with Gasteiger partial charge < -0.3 is 14.8 Å². The lowest BCUT2D eigenvalue weighted by Gasteiger charge is -2.12. The zero-order valence-corrected chi connectivity index (χ0v) is 21.1. The SMILES string of the molecule is C[C@H](CC(=O)O)CC(=O)c1c(CCCCCC(O)c2cccc(Cl)c2)n(C)c2ccc(Cl)cc12. The first-order chi connectivity index (χ1) is 16.2. The number of Topliss-reactive ketones (excluding diaryl/α,β-unsaturated/α-hetero) is 1. The van der Waals surface area contributed by atoms with Gasteiger partial charge >= 0.3 is 5.97 Å². The Labute approximate surface area is 210 Å². The van der Waals surface area contributed by atoms with Crippen LogP contribution in [0.5, 0.6) is 0 Å². The van der Waals surface area contributed by atoms with Gasteiger partial charge in [0.2, 0.25) is 0 Å². The van der Waals surface area contributed by atoms with Gasteiger partial charge in [-0.15, -0.1) is 0 Å². The molecule has 1 heterocycles. The first kappa shape index (κ1) is 26.3. The molecule has 34 heavy (non-hydrogen) atoms. The summed E-state index contributed by atoms with van der Waals surface area (Å²) in [7, 11) is 1.95. The number of hydrogen-bond acceptors (Lipinski definition) is 3. The molecule has 0 radical (unpaired) electrons. The number of carbonyl (C=O) groups is 2. The van der Waals surface area contributed by atoms with E-state index in [0.29, 0.717) is 28.5 Å². The van der Waals surface area contributed by atoms with Crippen molar-refractivity contribution in [3.63, 3.8) is 0 Å². The molecule has 0 saturated carbocycles. The third-order valence-electron chi connectivity index (χ3n) is 6.24. The van der Waals surface area contributed by atoms with E-state index in [4.69, 9.17) is 28.3 Å². The lowest BCUT2D eigenvalue weighted by atomic mass is 9.94. The number of aliphatic hydroxyl groups excluding tert-OH is 1. The summed E-state index contributed by atoms with van der Waals surface area (Å²) in [6.07, 6.45) is 3.56. The molecule has 2 N–H and O–H groups in total. The molecule has 3 aromatic rings. The number of carbonyl (C=O) groups excluding carboxylic acids is 1. The number of rotatable bonds is 12. The molecule has 1 unspecified atom stereocenters. The summed E-state index contributed by atoms with van der Waals surface area (Å²) in [6.45, 7) is 1.79. The van der Waals surface area contributed by atoms with E-state index < -0.39 is 12.1 Å². The van der Waals surface area contributed by atoms with E-state index in [0.717, 1.165) is 41.4 Å². The van der Waals surface area contributed by atoms with Crippen LogP contribution in [0, 0.1) is 5.92 Å². The van der Waals surface area contributed by atoms with Crippen molar-refractivity contribution in [2.75, 3.05) is 0 Å². The van der Waals surface area contributed by atoms with Crippen LogP contribution in [-0.2, 0) is 18.3 Å². The summed E-state index contributed by atoms with van der Waals surface area (Å²) >= 11 is 12.3. The molecule has 1 aromatic heterocycles. The van der Waals surface area contributed by atoms with E-state index in [1.54, 1.807) is 19.1 Å². The topological polar surface area (TPSA) is 79.5 Å². The number of carboxylic acid groups (broad SMARTS) is 1. The molecule has 3 rings (SSSR count). The molecule has 2 aromatic carbocycles. The standard InChI is InChI=1S/C27H31Cl2NO4/c1-17(14-26(33)34)13-25(32)27-21-16-20(29)11-12-22(21)30(2)23(27)9-4-3-5-10-24(31)18-7-6-8-19(28)15-18/h6-8,11-12,15-17,24,31H,3-5,9-10,13-14H2,1-2H3,(H,33,34)/t17-,24?/m0/s1. The maximum Gasteiger partial charge on any atom is 0.303 e. The number of aliphatic hydroxyl groups is 1. The number of carboxylic acids is 1. The molecule has 182 valence electrons. The summed E-state index contributed by atoms with van der Waals surface area (Å²) in [5.74, 6) is -1.20. The largest absolute Gasteiger partial charge is 0.481 e. The van der Waals surface area contributed by atoms with Crippen molar-refractivity contribution in [3.8, 4) is 0 Å². The summed E-state index contributed by atoms with van der Waals surface area (Å²) in [4.78, 5) is 24.3. The number of ketones is 1. The van der Waals surface area contributed by atoms with Crippen molar-refractivity contribution in [1.82, 2.24) is 4.57 Å². The van der Waals surface area contributed by atoms with Gasteiger partial charge in [-0.3, -0.25) is 9.59 Å². The minimum Gasteiger partial charge on any atom is -0.481 e. The van der Waals surface area contributed by atoms with Gasteiger partial charge in [0.15, 0.2) is 5.78 Å². The zero-order valence-electron chi connectivity index (χ0n) is 19.6. The van der Waals surface area contributed by atoms with E-state index in [1.165, 1.54) is 0 Å². The van der Waals surface area contributed by atoms with Crippen molar-refractivity contribution >= 4 is 45.9 Å². The Balaban J connectivity index is 1.70. The average Bonchev–Trinajstić information content (AvgIpc) is 3.03. The normalized spacial score (nSPS) is 13.2. The number of unbranched alkanes of at least 4 members (excludes halogenated alkanes) is 2. The second-order valence-corrected chi connectivity index (χ2v) is 9.92. The molecule has 0 saturated heterocycles. The second-order valence-electron chi connectivity index (χ2n) is 9.04. The summed E-state index contributed by atoms with van der Waals surface area (Å²) in [5.41, 5.74) is 3.35. The van der Waals surface area contributed by atoms with Crippen molar-refractivity contribution in [2.45, 2.75) is 58.0 Å². The molecule has 0 amide bonds. The van der Waals surface area contributed by atoms with Crippen LogP contribution in [0.4, 0.5) is 0 Å². The Bertz CT molecular complexity index is 1170. The van der Waals surface area contributed by atoms with E-state index >= 15 is 0 Å². The number of nitrogens with zero attached hydrogens (tertiary/aromatic N) is 1. The van der Waals surface area contributed by atoms with Crippen molar-refractivity contribution in [2.24, 2.45) is 13.0 Å². The van der Waals surface area contributed by atoms with Gasteiger partial charge in [0, 0.05) is 52.1 Å². The summed E-state index contributed by atoms with van der Waals surface area (Å²) < 4.78 is 2.04. The zero-order chi connectivity index (χ0) is 24.8. The van der Waals surface area contributed by atoms with Crippen molar-refractivity contribution in [1.29, 1.82) is 0 Å². The van der Waals surface area contributed by atoms with Gasteiger partial charge in [0.05, 0.1) is 6.10 Å². The predicted octanol–water partition coefficient (Wildman–Crippen LogP) is 7.01. The van der Waals surface area contributed by atoms with Crippen molar-refractivity contribution in [3.05, 3.63) is 69.3 Å². The van der Waals surface area contributed by atoms with Gasteiger partial charge in [-0.25, -0.2) is 0 Å². The molecule has 0 aliphatic carbocycles. The number of fused-ring (bicyclic) bond motifs is 1. The summed E-state index contributed by atoms with van der Waals surface area (Å²) in [5, 5.41) is 21.5. The Morgan fingerprint density at radius 3 is 2.44 bits per heavy atom. The minimum absolute atomic E-state index is 0.0401. The number of aryl methyl sites for hydroxylation is 1. The van der Waals surface area contributed by atoms with Gasteiger partial charge in [-0.2, -0.15) is 0 Å². The first-order valence-electron chi connectivity index (χ1n) is 11.6. The molecule has 2 atom stereocenters. The smallest absolute Gasteiger partial charge is 0.303 e. The number of hydrogen-bond donors (Lipinski definition) is 2. The van der Waals surface area contributed by atoms with E-state index in [9.17, 15) is 14.7 Å². The first-order valence-corrected chi connectivity index (χ1v) is 12.4. The van der Waals surface area contributed by atoms with Crippen LogP contribution < -0.4 is 0 Å². The lowest BCUT2D eigenvalue weighted by Crippen LogP contribution is -2.12. The second kappa shape index (κ2) is 11.9. The number of benzene rings is 2. The highest BCUT2D eigenvalue weighted by Crippen LogP contribution is 2.31. The van der Waals surface area contributed by atoms with Gasteiger partial charge in [0.25, 0.3) is 0 Å². The van der Waals surface area contributed by atoms with E-state index in [2.05, 4.69) is 0 Å². The molecule has 7 heteroatoms. The maximum absolute atomic E-state index is 13.3. The fourth-order valence-corrected chi connectivity index (χ4v) is 4.92. The Morgan fingerprint density at radius 1 is 1.00 bits per heavy atom. The lowest BCUT2D eigenvalue weighted by molar-refractivity contribution is -0.137. The van der Waals surface area contributed by atoms with Crippen LogP contribution in [0.15, 0.2) is 42.5 Å². The van der Waals surface area contributed by atoms with Gasteiger partial charge in [-0.1, -0.05) is 55.1 Å². The monoisotopic (exact) mass is 503 g/mol. The van der Waals surface area contributed by atoms with Gasteiger partial charge in [0.1, 0.15) is 0 Å². The molecular formula is C27H31Cl2NO4. The van der Waals surface area contributed by atoms with Gasteiger partial charge in [-0.05, 0) is 61.1 Å². The molecule has 0 aliphatic rings. The highest BCUT2D eigenvalue weighted by atomic mass is 35.5. The average molecular weight is 504 g/mol. The Kier molecular flexibility index (Phi) is 9.17. The number of aromatic nitrogens is 1. The fraction of sp³-hybridized carbons (Fsp3) is 0.407. The van der Waals surface area contributed by atoms with E-state index in [-0.39, 0.29) is 24.5 Å². The quantitative estimate of drug-likeness (QED) is 0.206. The van der Waals surface area contributed by atoms with Crippen LogP contribution in [0.2, 0.25) is 10.0 Å². The van der Waals surface area contributed by atoms with E-state index in [1.807, 2.05) is 41.9 Å². The summed E-state index contributed by atoms with van der Waals surface area (Å²) in [6, 6.07) is 12.8.